The molecular formula is C31H43ClN5O5+. The second-order valence-electron chi connectivity index (χ2n) is 10.8. The second kappa shape index (κ2) is 16.5. The quantitative estimate of drug-likeness (QED) is 0.183. The molecule has 0 saturated heterocycles. The summed E-state index contributed by atoms with van der Waals surface area (Å²) in [6.07, 6.45) is 1.22. The lowest BCUT2D eigenvalue weighted by molar-refractivity contribution is -0.479. The summed E-state index contributed by atoms with van der Waals surface area (Å²) < 4.78 is 5.55. The van der Waals surface area contributed by atoms with E-state index in [2.05, 4.69) is 16.0 Å². The van der Waals surface area contributed by atoms with Crippen LogP contribution in [0.4, 0.5) is 5.69 Å². The van der Waals surface area contributed by atoms with Gasteiger partial charge in [-0.2, -0.15) is 0 Å². The molecule has 0 aliphatic carbocycles. The summed E-state index contributed by atoms with van der Waals surface area (Å²) in [4.78, 5) is 53.2. The summed E-state index contributed by atoms with van der Waals surface area (Å²) in [5, 5.41) is 10.6. The van der Waals surface area contributed by atoms with Crippen LogP contribution in [0.2, 0.25) is 5.02 Å². The third kappa shape index (κ3) is 11.2. The van der Waals surface area contributed by atoms with Crippen LogP contribution in [0, 0.1) is 5.41 Å². The molecule has 228 valence electrons. The van der Waals surface area contributed by atoms with E-state index in [0.29, 0.717) is 53.6 Å². The first-order chi connectivity index (χ1) is 19.9. The molecule has 0 radical (unpaired) electrons. The topological polar surface area (TPSA) is 133 Å². The number of amides is 4. The first kappa shape index (κ1) is 34.3. The van der Waals surface area contributed by atoms with Crippen LogP contribution in [-0.4, -0.2) is 62.8 Å². The van der Waals surface area contributed by atoms with Gasteiger partial charge in [0.2, 0.25) is 11.8 Å². The van der Waals surface area contributed by atoms with Crippen molar-refractivity contribution in [2.45, 2.75) is 46.5 Å². The van der Waals surface area contributed by atoms with Gasteiger partial charge >= 0.3 is 5.91 Å². The fraction of sp³-hybridized carbons (Fsp3) is 0.419. The smallest absolute Gasteiger partial charge is 0.365 e. The number of hydrogen-bond acceptors (Lipinski definition) is 6. The summed E-state index contributed by atoms with van der Waals surface area (Å²) in [6, 6.07) is 13.9. The highest BCUT2D eigenvalue weighted by molar-refractivity contribution is 6.31. The minimum absolute atomic E-state index is 0.0202. The molecule has 0 atom stereocenters. The van der Waals surface area contributed by atoms with Crippen molar-refractivity contribution in [3.8, 4) is 5.75 Å². The van der Waals surface area contributed by atoms with Crippen LogP contribution in [0.5, 0.6) is 5.75 Å². The number of allylic oxidation sites excluding steroid dienone is 1. The predicted octanol–water partition coefficient (Wildman–Crippen LogP) is 3.11. The summed E-state index contributed by atoms with van der Waals surface area (Å²) in [5.41, 5.74) is 1.01. The first-order valence-electron chi connectivity index (χ1n) is 13.9. The lowest BCUT2D eigenvalue weighted by Crippen LogP contribution is -2.83. The van der Waals surface area contributed by atoms with E-state index in [-0.39, 0.29) is 42.3 Å². The number of rotatable bonds is 15. The van der Waals surface area contributed by atoms with Gasteiger partial charge < -0.3 is 25.6 Å². The van der Waals surface area contributed by atoms with Gasteiger partial charge in [0.25, 0.3) is 5.91 Å². The van der Waals surface area contributed by atoms with Gasteiger partial charge in [-0.05, 0) is 55.5 Å². The zero-order valence-electron chi connectivity index (χ0n) is 25.3. The number of hydrogen-bond donors (Lipinski definition) is 4. The van der Waals surface area contributed by atoms with Crippen molar-refractivity contribution in [1.29, 1.82) is 0 Å². The maximum Gasteiger partial charge on any atom is 0.365 e. The van der Waals surface area contributed by atoms with E-state index in [1.165, 1.54) is 10.2 Å². The maximum absolute atomic E-state index is 13.4. The van der Waals surface area contributed by atoms with Gasteiger partial charge in [0.1, 0.15) is 11.4 Å². The number of primary amides is 1. The van der Waals surface area contributed by atoms with Crippen molar-refractivity contribution in [1.82, 2.24) is 20.9 Å². The molecule has 11 heteroatoms. The van der Waals surface area contributed by atoms with Crippen LogP contribution in [0.3, 0.4) is 0 Å². The number of ether oxygens (including phenoxy) is 1. The van der Waals surface area contributed by atoms with Crippen LogP contribution in [-0.2, 0) is 14.4 Å². The van der Waals surface area contributed by atoms with Gasteiger partial charge in [-0.1, -0.05) is 43.6 Å². The van der Waals surface area contributed by atoms with Crippen molar-refractivity contribution in [2.75, 3.05) is 34.3 Å². The van der Waals surface area contributed by atoms with Crippen molar-refractivity contribution in [3.63, 3.8) is 0 Å². The number of nitrogens with zero attached hydrogens (tertiary/aromatic N) is 1. The third-order valence-electron chi connectivity index (χ3n) is 6.38. The number of benzene rings is 2. The van der Waals surface area contributed by atoms with E-state index in [1.807, 2.05) is 39.0 Å². The Morgan fingerprint density at radius 1 is 1.02 bits per heavy atom. The zero-order chi connectivity index (χ0) is 31.3. The molecule has 0 bridgehead atoms. The van der Waals surface area contributed by atoms with Crippen molar-refractivity contribution in [3.05, 3.63) is 70.5 Å². The fourth-order valence-corrected chi connectivity index (χ4v) is 4.30. The van der Waals surface area contributed by atoms with Crippen molar-refractivity contribution >= 4 is 40.9 Å². The highest BCUT2D eigenvalue weighted by Gasteiger charge is 2.28. The van der Waals surface area contributed by atoms with Crippen molar-refractivity contribution in [2.24, 2.45) is 5.41 Å². The molecule has 0 fully saturated rings. The number of para-hydroxylation sites is 1. The normalized spacial score (nSPS) is 11.7. The Morgan fingerprint density at radius 3 is 2.33 bits per heavy atom. The summed E-state index contributed by atoms with van der Waals surface area (Å²) in [6.45, 7) is 6.10. The minimum atomic E-state index is -0.653. The summed E-state index contributed by atoms with van der Waals surface area (Å²) in [7, 11) is 5.06. The fourth-order valence-electron chi connectivity index (χ4n) is 4.13. The lowest BCUT2D eigenvalue weighted by atomic mass is 9.88. The summed E-state index contributed by atoms with van der Waals surface area (Å²) >= 11 is 6.10. The SMILES string of the molecule is CCOc1ccc(Cl)cc1C(=O)NCC(C)(C)CC(=O)N/C(C(=O)[NH2+]c1ccccc1)=C(\CCCC(=O)N(C)C)NC. The highest BCUT2D eigenvalue weighted by atomic mass is 35.5. The van der Waals surface area contributed by atoms with E-state index in [9.17, 15) is 19.2 Å². The number of halogens is 1. The predicted molar refractivity (Wildman–Crippen MR) is 163 cm³/mol. The molecular weight excluding hydrogens is 558 g/mol. The van der Waals surface area contributed by atoms with Gasteiger partial charge in [0.15, 0.2) is 5.70 Å². The molecule has 0 aliphatic heterocycles. The maximum atomic E-state index is 13.4. The average molecular weight is 601 g/mol. The van der Waals surface area contributed by atoms with Crippen LogP contribution in [0.1, 0.15) is 56.8 Å². The molecule has 0 aliphatic rings. The molecule has 0 saturated carbocycles. The number of nitrogens with two attached hydrogens (primary N) is 1. The molecule has 0 spiro atoms. The molecule has 10 nitrogen and oxygen atoms in total. The number of carbonyl (C=O) groups is 4. The van der Waals surface area contributed by atoms with E-state index >= 15 is 0 Å². The molecule has 0 aromatic heterocycles. The van der Waals surface area contributed by atoms with Gasteiger partial charge in [0, 0.05) is 51.2 Å². The molecule has 4 amide bonds. The highest BCUT2D eigenvalue weighted by Crippen LogP contribution is 2.24. The van der Waals surface area contributed by atoms with Crippen LogP contribution < -0.4 is 26.0 Å². The Labute approximate surface area is 253 Å². The van der Waals surface area contributed by atoms with Gasteiger partial charge in [-0.15, -0.1) is 0 Å². The Kier molecular flexibility index (Phi) is 13.5. The molecule has 0 heterocycles. The van der Waals surface area contributed by atoms with Crippen LogP contribution >= 0.6 is 11.6 Å². The van der Waals surface area contributed by atoms with Crippen LogP contribution in [0.25, 0.3) is 0 Å². The Morgan fingerprint density at radius 2 is 1.71 bits per heavy atom. The van der Waals surface area contributed by atoms with Gasteiger partial charge in [-0.3, -0.25) is 14.4 Å². The molecule has 0 unspecified atom stereocenters. The Bertz CT molecular complexity index is 1280. The van der Waals surface area contributed by atoms with E-state index < -0.39 is 5.41 Å². The molecule has 5 N–H and O–H groups in total. The third-order valence-corrected chi connectivity index (χ3v) is 6.62. The van der Waals surface area contributed by atoms with E-state index in [1.54, 1.807) is 51.5 Å². The molecule has 2 rings (SSSR count). The first-order valence-corrected chi connectivity index (χ1v) is 14.3. The average Bonchev–Trinajstić information content (AvgIpc) is 2.94. The number of quaternary nitrogens is 1. The van der Waals surface area contributed by atoms with Gasteiger partial charge in [0.05, 0.1) is 12.2 Å². The Hall–Kier alpha value is -3.89. The van der Waals surface area contributed by atoms with Crippen LogP contribution in [0.15, 0.2) is 59.9 Å². The van der Waals surface area contributed by atoms with E-state index in [0.717, 1.165) is 0 Å². The number of nitrogens with one attached hydrogen (secondary N) is 3. The standard InChI is InChI=1S/C31H42ClN5O5/c1-7-42-25-17-16-21(32)18-23(25)29(40)34-20-31(2,3)19-26(38)36-28(30(41)35-22-12-9-8-10-13-22)24(33-4)14-11-15-27(39)37(5)6/h8-10,12-13,16-18,33H,7,11,14-15,19-20H2,1-6H3,(H,34,40)(H,35,41)(H,36,38)/p+1/b28-24+. The van der Waals surface area contributed by atoms with Gasteiger partial charge in [-0.25, -0.2) is 10.1 Å². The molecule has 2 aromatic carbocycles. The zero-order valence-corrected chi connectivity index (χ0v) is 26.1. The largest absolute Gasteiger partial charge is 0.493 e. The molecule has 42 heavy (non-hydrogen) atoms. The summed E-state index contributed by atoms with van der Waals surface area (Å²) in [5.74, 6) is -0.715. The Balaban J connectivity index is 2.16. The van der Waals surface area contributed by atoms with Crippen molar-refractivity contribution < 1.29 is 29.2 Å². The molecule has 2 aromatic rings. The number of carbonyl (C=O) groups excluding carboxylic acids is 4. The monoisotopic (exact) mass is 600 g/mol. The second-order valence-corrected chi connectivity index (χ2v) is 11.2. The minimum Gasteiger partial charge on any atom is -0.493 e. The van der Waals surface area contributed by atoms with E-state index in [4.69, 9.17) is 16.3 Å². The lowest BCUT2D eigenvalue weighted by Gasteiger charge is -2.25.